The second-order valence-corrected chi connectivity index (χ2v) is 4.77. The topological polar surface area (TPSA) is 35.5 Å². The Balaban J connectivity index is 1.92. The number of hydrogen-bond donors (Lipinski definition) is 0. The monoisotopic (exact) mass is 284 g/mol. The summed E-state index contributed by atoms with van der Waals surface area (Å²) in [5.41, 5.74) is 1.02. The molecular weight excluding hydrogens is 264 g/mol. The standard InChI is InChI=1S/C18H20O3/c1-20-13-4-5-14-21-18(19)12-11-16-9-6-8-15-7-2-3-10-17(15)16/h2-3,6-12H,4-5,13-14H2,1H3. The van der Waals surface area contributed by atoms with Crippen molar-refractivity contribution >= 4 is 22.8 Å². The van der Waals surface area contributed by atoms with E-state index in [2.05, 4.69) is 12.1 Å². The van der Waals surface area contributed by atoms with Crippen molar-refractivity contribution in [3.63, 3.8) is 0 Å². The van der Waals surface area contributed by atoms with Crippen LogP contribution in [0.1, 0.15) is 18.4 Å². The van der Waals surface area contributed by atoms with Crippen molar-refractivity contribution in [2.24, 2.45) is 0 Å². The van der Waals surface area contributed by atoms with Crippen molar-refractivity contribution < 1.29 is 14.3 Å². The smallest absolute Gasteiger partial charge is 0.330 e. The number of carbonyl (C=O) groups excluding carboxylic acids is 1. The van der Waals surface area contributed by atoms with Crippen LogP contribution < -0.4 is 0 Å². The molecule has 110 valence electrons. The highest BCUT2D eigenvalue weighted by atomic mass is 16.5. The van der Waals surface area contributed by atoms with Crippen molar-refractivity contribution in [3.8, 4) is 0 Å². The third kappa shape index (κ3) is 4.72. The second-order valence-electron chi connectivity index (χ2n) is 4.77. The Bertz CT molecular complexity index is 611. The number of carbonyl (C=O) groups is 1. The molecule has 3 heteroatoms. The molecule has 0 amide bonds. The zero-order valence-corrected chi connectivity index (χ0v) is 12.2. The fourth-order valence-electron chi connectivity index (χ4n) is 2.12. The van der Waals surface area contributed by atoms with Gasteiger partial charge in [0.2, 0.25) is 0 Å². The first-order valence-electron chi connectivity index (χ1n) is 7.13. The molecule has 0 radical (unpaired) electrons. The minimum Gasteiger partial charge on any atom is -0.463 e. The molecule has 2 rings (SSSR count). The highest BCUT2D eigenvalue weighted by Gasteiger charge is 1.99. The summed E-state index contributed by atoms with van der Waals surface area (Å²) in [7, 11) is 1.67. The summed E-state index contributed by atoms with van der Waals surface area (Å²) in [6.45, 7) is 1.13. The molecule has 0 bridgehead atoms. The van der Waals surface area contributed by atoms with Crippen molar-refractivity contribution in [1.82, 2.24) is 0 Å². The molecule has 0 unspecified atom stereocenters. The number of rotatable bonds is 7. The van der Waals surface area contributed by atoms with Gasteiger partial charge in [0.15, 0.2) is 0 Å². The molecule has 0 atom stereocenters. The van der Waals surface area contributed by atoms with Gasteiger partial charge in [0.1, 0.15) is 0 Å². The van der Waals surface area contributed by atoms with E-state index in [1.54, 1.807) is 13.2 Å². The van der Waals surface area contributed by atoms with Gasteiger partial charge in [-0.3, -0.25) is 0 Å². The summed E-state index contributed by atoms with van der Waals surface area (Å²) in [6, 6.07) is 14.1. The van der Waals surface area contributed by atoms with Crippen LogP contribution in [0.5, 0.6) is 0 Å². The maximum Gasteiger partial charge on any atom is 0.330 e. The fourth-order valence-corrected chi connectivity index (χ4v) is 2.12. The summed E-state index contributed by atoms with van der Waals surface area (Å²) >= 11 is 0. The lowest BCUT2D eigenvalue weighted by Crippen LogP contribution is -2.03. The van der Waals surface area contributed by atoms with Gasteiger partial charge in [-0.1, -0.05) is 42.5 Å². The van der Waals surface area contributed by atoms with Crippen LogP contribution in [-0.2, 0) is 14.3 Å². The van der Waals surface area contributed by atoms with Crippen LogP contribution in [0, 0.1) is 0 Å². The summed E-state index contributed by atoms with van der Waals surface area (Å²) in [4.78, 5) is 11.6. The fraction of sp³-hybridized carbons (Fsp3) is 0.278. The van der Waals surface area contributed by atoms with E-state index in [0.29, 0.717) is 13.2 Å². The summed E-state index contributed by atoms with van der Waals surface area (Å²) in [5.74, 6) is -0.305. The molecule has 0 aliphatic rings. The molecule has 0 heterocycles. The number of benzene rings is 2. The highest BCUT2D eigenvalue weighted by molar-refractivity contribution is 5.94. The van der Waals surface area contributed by atoms with Crippen LogP contribution in [0.25, 0.3) is 16.8 Å². The largest absolute Gasteiger partial charge is 0.463 e. The number of ether oxygens (including phenoxy) is 2. The lowest BCUT2D eigenvalue weighted by molar-refractivity contribution is -0.137. The van der Waals surface area contributed by atoms with Gasteiger partial charge in [-0.05, 0) is 35.3 Å². The van der Waals surface area contributed by atoms with Gasteiger partial charge in [-0.25, -0.2) is 4.79 Å². The van der Waals surface area contributed by atoms with Crippen molar-refractivity contribution in [1.29, 1.82) is 0 Å². The molecule has 0 saturated heterocycles. The zero-order valence-electron chi connectivity index (χ0n) is 12.2. The van der Waals surface area contributed by atoms with Crippen molar-refractivity contribution in [2.75, 3.05) is 20.3 Å². The van der Waals surface area contributed by atoms with Crippen molar-refractivity contribution in [2.45, 2.75) is 12.8 Å². The molecule has 0 aromatic heterocycles. The molecular formula is C18H20O3. The number of fused-ring (bicyclic) bond motifs is 1. The van der Waals surface area contributed by atoms with Gasteiger partial charge in [-0.15, -0.1) is 0 Å². The maximum absolute atomic E-state index is 11.6. The lowest BCUT2D eigenvalue weighted by Gasteiger charge is -2.03. The Kier molecular flexibility index (Phi) is 5.98. The Morgan fingerprint density at radius 1 is 1.05 bits per heavy atom. The third-order valence-corrected chi connectivity index (χ3v) is 3.21. The molecule has 2 aromatic rings. The molecule has 0 aliphatic carbocycles. The van der Waals surface area contributed by atoms with E-state index in [9.17, 15) is 4.79 Å². The van der Waals surface area contributed by atoms with Gasteiger partial charge < -0.3 is 9.47 Å². The van der Waals surface area contributed by atoms with E-state index >= 15 is 0 Å². The van der Waals surface area contributed by atoms with E-state index in [1.165, 1.54) is 6.08 Å². The third-order valence-electron chi connectivity index (χ3n) is 3.21. The molecule has 0 aliphatic heterocycles. The average Bonchev–Trinajstić information content (AvgIpc) is 2.52. The van der Waals surface area contributed by atoms with Crippen LogP contribution in [0.4, 0.5) is 0 Å². The normalized spacial score (nSPS) is 11.1. The van der Waals surface area contributed by atoms with Crippen LogP contribution in [0.15, 0.2) is 48.5 Å². The molecule has 21 heavy (non-hydrogen) atoms. The first-order chi connectivity index (χ1) is 10.3. The first kappa shape index (κ1) is 15.3. The summed E-state index contributed by atoms with van der Waals surface area (Å²) < 4.78 is 10.1. The number of esters is 1. The molecule has 0 N–H and O–H groups in total. The van der Waals surface area contributed by atoms with Gasteiger partial charge in [-0.2, -0.15) is 0 Å². The summed E-state index contributed by atoms with van der Waals surface area (Å²) in [5, 5.41) is 2.29. The van der Waals surface area contributed by atoms with E-state index in [4.69, 9.17) is 9.47 Å². The SMILES string of the molecule is COCCCCOC(=O)C=Cc1cccc2ccccc12. The Morgan fingerprint density at radius 3 is 2.67 bits per heavy atom. The van der Waals surface area contributed by atoms with Crippen LogP contribution in [-0.4, -0.2) is 26.3 Å². The lowest BCUT2D eigenvalue weighted by atomic mass is 10.0. The number of hydrogen-bond acceptors (Lipinski definition) is 3. The van der Waals surface area contributed by atoms with Gasteiger partial charge >= 0.3 is 5.97 Å². The molecule has 3 nitrogen and oxygen atoms in total. The van der Waals surface area contributed by atoms with E-state index in [1.807, 2.05) is 30.3 Å². The van der Waals surface area contributed by atoms with Gasteiger partial charge in [0.05, 0.1) is 6.61 Å². The van der Waals surface area contributed by atoms with Crippen LogP contribution in [0.2, 0.25) is 0 Å². The van der Waals surface area contributed by atoms with Crippen LogP contribution in [0.3, 0.4) is 0 Å². The quantitative estimate of drug-likeness (QED) is 0.440. The van der Waals surface area contributed by atoms with Crippen molar-refractivity contribution in [3.05, 3.63) is 54.1 Å². The number of unbranched alkanes of at least 4 members (excludes halogenated alkanes) is 1. The predicted octanol–water partition coefficient (Wildman–Crippen LogP) is 3.82. The average molecular weight is 284 g/mol. The van der Waals surface area contributed by atoms with Crippen LogP contribution >= 0.6 is 0 Å². The predicted molar refractivity (Wildman–Crippen MR) is 85.1 cm³/mol. The van der Waals surface area contributed by atoms with E-state index < -0.39 is 0 Å². The maximum atomic E-state index is 11.6. The zero-order chi connectivity index (χ0) is 14.9. The van der Waals surface area contributed by atoms with Gasteiger partial charge in [0.25, 0.3) is 0 Å². The first-order valence-corrected chi connectivity index (χ1v) is 7.13. The molecule has 0 spiro atoms. The molecule has 2 aromatic carbocycles. The van der Waals surface area contributed by atoms with Gasteiger partial charge in [0, 0.05) is 19.8 Å². The number of methoxy groups -OCH3 is 1. The Morgan fingerprint density at radius 2 is 1.81 bits per heavy atom. The summed E-state index contributed by atoms with van der Waals surface area (Å²) in [6.07, 6.45) is 5.01. The molecule has 0 fully saturated rings. The second kappa shape index (κ2) is 8.22. The Hall–Kier alpha value is -2.13. The minimum atomic E-state index is -0.305. The molecule has 0 saturated carbocycles. The Labute approximate surface area is 125 Å². The highest BCUT2D eigenvalue weighted by Crippen LogP contribution is 2.19. The van der Waals surface area contributed by atoms with E-state index in [-0.39, 0.29) is 5.97 Å². The minimum absolute atomic E-state index is 0.305. The van der Waals surface area contributed by atoms with E-state index in [0.717, 1.165) is 29.2 Å².